The van der Waals surface area contributed by atoms with Crippen molar-refractivity contribution in [2.24, 2.45) is 0 Å². The number of carbonyl (C=O) groups excluding carboxylic acids is 4. The lowest BCUT2D eigenvalue weighted by molar-refractivity contribution is -0.161. The Labute approximate surface area is 619 Å². The smallest absolute Gasteiger partial charge is 0.462 e. The van der Waals surface area contributed by atoms with Gasteiger partial charge in [-0.15, -0.1) is 0 Å². The molecule has 5 atom stereocenters. The van der Waals surface area contributed by atoms with Crippen molar-refractivity contribution in [1.82, 2.24) is 0 Å². The third kappa shape index (κ3) is 74.0. The van der Waals surface area contributed by atoms with E-state index in [0.717, 1.165) is 167 Å². The number of allylic oxidation sites excluding steroid dienone is 18. The van der Waals surface area contributed by atoms with Crippen LogP contribution in [0.2, 0.25) is 0 Å². The van der Waals surface area contributed by atoms with E-state index in [-0.39, 0.29) is 25.7 Å². The van der Waals surface area contributed by atoms with Crippen molar-refractivity contribution in [3.8, 4) is 0 Å². The van der Waals surface area contributed by atoms with Crippen LogP contribution in [0.15, 0.2) is 109 Å². The van der Waals surface area contributed by atoms with E-state index in [2.05, 4.69) is 137 Å². The first kappa shape index (κ1) is 97.7. The van der Waals surface area contributed by atoms with E-state index in [0.29, 0.717) is 25.7 Å². The van der Waals surface area contributed by atoms with E-state index in [1.54, 1.807) is 0 Å². The number of aliphatic hydroxyl groups is 1. The van der Waals surface area contributed by atoms with E-state index in [9.17, 15) is 43.2 Å². The predicted molar refractivity (Wildman–Crippen MR) is 418 cm³/mol. The first-order valence-corrected chi connectivity index (χ1v) is 43.1. The van der Waals surface area contributed by atoms with Crippen LogP contribution in [-0.2, 0) is 65.4 Å². The van der Waals surface area contributed by atoms with Crippen LogP contribution in [-0.4, -0.2) is 96.7 Å². The first-order valence-electron chi connectivity index (χ1n) is 40.1. The van der Waals surface area contributed by atoms with Crippen molar-refractivity contribution in [1.29, 1.82) is 0 Å². The molecule has 0 aliphatic carbocycles. The van der Waals surface area contributed by atoms with Crippen LogP contribution < -0.4 is 0 Å². The maximum absolute atomic E-state index is 13.1. The molecule has 0 amide bonds. The number of esters is 4. The van der Waals surface area contributed by atoms with Gasteiger partial charge in [0.05, 0.1) is 26.4 Å². The molecule has 0 rings (SSSR count). The summed E-state index contributed by atoms with van der Waals surface area (Å²) in [4.78, 5) is 73.0. The third-order valence-electron chi connectivity index (χ3n) is 16.7. The number of carbonyl (C=O) groups is 4. The van der Waals surface area contributed by atoms with Crippen LogP contribution in [0.1, 0.15) is 336 Å². The van der Waals surface area contributed by atoms with E-state index in [1.165, 1.54) is 89.9 Å². The normalized spacial score (nSPS) is 14.5. The minimum Gasteiger partial charge on any atom is -0.462 e. The lowest BCUT2D eigenvalue weighted by Gasteiger charge is -2.21. The van der Waals surface area contributed by atoms with E-state index >= 15 is 0 Å². The van der Waals surface area contributed by atoms with Crippen molar-refractivity contribution in [3.05, 3.63) is 109 Å². The van der Waals surface area contributed by atoms with Gasteiger partial charge in [0.2, 0.25) is 0 Å². The van der Waals surface area contributed by atoms with Gasteiger partial charge in [-0.3, -0.25) is 37.3 Å². The van der Waals surface area contributed by atoms with Gasteiger partial charge in [-0.2, -0.15) is 0 Å². The average molecular weight is 1480 g/mol. The van der Waals surface area contributed by atoms with Gasteiger partial charge in [0.1, 0.15) is 19.3 Å². The number of ether oxygens (including phenoxy) is 4. The molecule has 0 aromatic heterocycles. The lowest BCUT2D eigenvalue weighted by atomic mass is 10.0. The molecule has 19 heteroatoms. The van der Waals surface area contributed by atoms with Crippen LogP contribution >= 0.6 is 15.6 Å². The van der Waals surface area contributed by atoms with E-state index in [1.807, 2.05) is 0 Å². The zero-order chi connectivity index (χ0) is 74.6. The van der Waals surface area contributed by atoms with Crippen molar-refractivity contribution in [2.45, 2.75) is 354 Å². The average Bonchev–Trinajstić information content (AvgIpc) is 0.908. The number of phosphoric ester groups is 2. The van der Waals surface area contributed by atoms with Crippen LogP contribution in [0.5, 0.6) is 0 Å². The molecule has 0 aliphatic rings. The Morgan fingerprint density at radius 2 is 0.510 bits per heavy atom. The molecule has 588 valence electrons. The summed E-state index contributed by atoms with van der Waals surface area (Å²) in [5.74, 6) is -2.23. The molecular formula is C83H144O17P2. The lowest BCUT2D eigenvalue weighted by Crippen LogP contribution is -2.30. The number of unbranched alkanes of at least 4 members (excludes halogenated alkanes) is 31. The Balaban J connectivity index is 5.40. The van der Waals surface area contributed by atoms with Crippen molar-refractivity contribution in [3.63, 3.8) is 0 Å². The third-order valence-corrected chi connectivity index (χ3v) is 18.6. The molecule has 2 unspecified atom stereocenters. The van der Waals surface area contributed by atoms with E-state index < -0.39 is 97.5 Å². The summed E-state index contributed by atoms with van der Waals surface area (Å²) in [5.41, 5.74) is 0. The Morgan fingerprint density at radius 1 is 0.284 bits per heavy atom. The van der Waals surface area contributed by atoms with Crippen molar-refractivity contribution >= 4 is 39.5 Å². The quantitative estimate of drug-likeness (QED) is 0.0169. The summed E-state index contributed by atoms with van der Waals surface area (Å²) in [6.07, 6.45) is 80.6. The summed E-state index contributed by atoms with van der Waals surface area (Å²) in [6, 6.07) is 0. The molecule has 0 fully saturated rings. The van der Waals surface area contributed by atoms with Crippen molar-refractivity contribution in [2.75, 3.05) is 39.6 Å². The highest BCUT2D eigenvalue weighted by Crippen LogP contribution is 2.45. The second kappa shape index (κ2) is 75.0. The summed E-state index contributed by atoms with van der Waals surface area (Å²) in [5, 5.41) is 10.6. The first-order chi connectivity index (χ1) is 49.7. The molecule has 0 bridgehead atoms. The topological polar surface area (TPSA) is 237 Å². The summed E-state index contributed by atoms with van der Waals surface area (Å²) in [7, 11) is -9.97. The van der Waals surface area contributed by atoms with Gasteiger partial charge in [0.25, 0.3) is 0 Å². The van der Waals surface area contributed by atoms with Gasteiger partial charge < -0.3 is 33.8 Å². The van der Waals surface area contributed by atoms with Crippen molar-refractivity contribution < 1.29 is 80.2 Å². The molecule has 0 radical (unpaired) electrons. The highest BCUT2D eigenvalue weighted by Gasteiger charge is 2.30. The molecule has 3 N–H and O–H groups in total. The Morgan fingerprint density at radius 3 is 0.814 bits per heavy atom. The minimum absolute atomic E-state index is 0.0516. The highest BCUT2D eigenvalue weighted by atomic mass is 31.2. The zero-order valence-electron chi connectivity index (χ0n) is 64.3. The Hall–Kier alpha value is -4.28. The number of rotatable bonds is 75. The molecule has 0 aliphatic heterocycles. The molecule has 0 saturated carbocycles. The standard InChI is InChI=1S/C83H144O17P2/c1-5-9-13-17-21-25-29-33-36-37-38-39-42-46-50-54-58-62-66-70-83(88)100-79(74-94-81(86)68-64-60-56-52-48-45-41-35-31-27-23-19-15-11-7-3)76-98-102(91,92)96-72-77(84)71-95-101(89,90)97-75-78(99-82(87)69-65-61-57-53-49-43-32-28-24-20-16-12-8-4)73-93-80(85)67-63-59-55-51-47-44-40-34-30-26-22-18-14-10-6-2/h9,13,21-23,25-27,33-36,38-41,46,50,77-79,84H,5-8,10-12,14-20,24,28-32,37,42-45,47-49,51-76H2,1-4H3,(H,89,90)(H,91,92)/b13-9-,25-21-,26-22-,27-23-,36-33-,39-38-,40-34-,41-35-,50-46-/t77-,78+,79+/m0/s1. The maximum atomic E-state index is 13.1. The molecule has 0 spiro atoms. The number of phosphoric acid groups is 2. The second-order valence-corrected chi connectivity index (χ2v) is 29.5. The summed E-state index contributed by atoms with van der Waals surface area (Å²) in [6.45, 7) is 4.67. The fraction of sp³-hybridized carbons (Fsp3) is 0.735. The van der Waals surface area contributed by atoms with Crippen LogP contribution in [0.25, 0.3) is 0 Å². The van der Waals surface area contributed by atoms with Gasteiger partial charge >= 0.3 is 39.5 Å². The van der Waals surface area contributed by atoms with E-state index in [4.69, 9.17) is 37.0 Å². The predicted octanol–water partition coefficient (Wildman–Crippen LogP) is 23.3. The SMILES string of the molecule is CC/C=C\C/C=C\C/C=C\C/C=C\C/C=C\CCCCCC(=O)O[C@H](COC(=O)CCCCCCC/C=C\C/C=C\CCCCC)COP(=O)(O)OC[C@@H](O)COP(=O)(O)OC[C@@H](COC(=O)CCCCCCC/C=C\C/C=C\CCCCC)OC(=O)CCCCCCCCCCCCCCC. The molecule has 102 heavy (non-hydrogen) atoms. The van der Waals surface area contributed by atoms with Crippen LogP contribution in [0.4, 0.5) is 0 Å². The molecule has 0 aromatic carbocycles. The molecule has 17 nitrogen and oxygen atoms in total. The molecule has 0 saturated heterocycles. The molecule has 0 heterocycles. The zero-order valence-corrected chi connectivity index (χ0v) is 66.0. The van der Waals surface area contributed by atoms with Gasteiger partial charge in [0.15, 0.2) is 12.2 Å². The Kier molecular flexibility index (Phi) is 71.8. The van der Waals surface area contributed by atoms with Gasteiger partial charge in [-0.05, 0) is 135 Å². The second-order valence-electron chi connectivity index (χ2n) is 26.6. The Bertz CT molecular complexity index is 2360. The number of hydrogen-bond acceptors (Lipinski definition) is 15. The van der Waals surface area contributed by atoms with Crippen LogP contribution in [0.3, 0.4) is 0 Å². The van der Waals surface area contributed by atoms with Crippen LogP contribution in [0, 0.1) is 0 Å². The maximum Gasteiger partial charge on any atom is 0.472 e. The largest absolute Gasteiger partial charge is 0.472 e. The fourth-order valence-corrected chi connectivity index (χ4v) is 12.2. The highest BCUT2D eigenvalue weighted by molar-refractivity contribution is 7.47. The van der Waals surface area contributed by atoms with Gasteiger partial charge in [0, 0.05) is 25.7 Å². The summed E-state index contributed by atoms with van der Waals surface area (Å²) >= 11 is 0. The molecular weight excluding hydrogens is 1330 g/mol. The van der Waals surface area contributed by atoms with Gasteiger partial charge in [-0.1, -0.05) is 285 Å². The minimum atomic E-state index is -4.99. The monoisotopic (exact) mass is 1470 g/mol. The van der Waals surface area contributed by atoms with Gasteiger partial charge in [-0.25, -0.2) is 9.13 Å². The summed E-state index contributed by atoms with van der Waals surface area (Å²) < 4.78 is 68.6. The molecule has 0 aromatic rings. The number of aliphatic hydroxyl groups excluding tert-OH is 1. The fourth-order valence-electron chi connectivity index (χ4n) is 10.6. The number of hydrogen-bond donors (Lipinski definition) is 3.